The van der Waals surface area contributed by atoms with Gasteiger partial charge in [-0.15, -0.1) is 0 Å². The number of aromatic nitrogens is 2. The van der Waals surface area contributed by atoms with Gasteiger partial charge in [0.15, 0.2) is 0 Å². The van der Waals surface area contributed by atoms with Crippen molar-refractivity contribution in [3.63, 3.8) is 0 Å². The minimum absolute atomic E-state index is 0.856. The molecule has 21 heavy (non-hydrogen) atoms. The number of imidazole rings is 1. The summed E-state index contributed by atoms with van der Waals surface area (Å²) in [7, 11) is 2.05. The minimum Gasteiger partial charge on any atom is -0.319 e. The summed E-state index contributed by atoms with van der Waals surface area (Å²) in [4.78, 5) is 6.65. The van der Waals surface area contributed by atoms with Crippen LogP contribution in [0.15, 0.2) is 43.0 Å². The van der Waals surface area contributed by atoms with Gasteiger partial charge in [0.2, 0.25) is 0 Å². The van der Waals surface area contributed by atoms with E-state index in [1.807, 2.05) is 30.3 Å². The Kier molecular flexibility index (Phi) is 4.68. The summed E-state index contributed by atoms with van der Waals surface area (Å²) in [6.45, 7) is 4.66. The zero-order valence-corrected chi connectivity index (χ0v) is 12.7. The van der Waals surface area contributed by atoms with Gasteiger partial charge in [0, 0.05) is 24.6 Å². The van der Waals surface area contributed by atoms with E-state index < -0.39 is 0 Å². The molecule has 0 amide bonds. The second-order valence-corrected chi connectivity index (χ2v) is 5.91. The molecule has 1 fully saturated rings. The first kappa shape index (κ1) is 14.3. The van der Waals surface area contributed by atoms with E-state index in [-0.39, 0.29) is 0 Å². The molecule has 0 unspecified atom stereocenters. The lowest BCUT2D eigenvalue weighted by molar-refractivity contribution is 0.177. The molecule has 4 nitrogen and oxygen atoms in total. The summed E-state index contributed by atoms with van der Waals surface area (Å²) in [5.74, 6) is 0.856. The SMILES string of the molecule is CNCC1CCN(Cc2ccc(-n3ccnc3)cc2)CC1. The topological polar surface area (TPSA) is 33.1 Å². The van der Waals surface area contributed by atoms with Crippen molar-refractivity contribution in [3.8, 4) is 5.69 Å². The molecule has 0 bridgehead atoms. The fraction of sp³-hybridized carbons (Fsp3) is 0.471. The molecular weight excluding hydrogens is 260 g/mol. The quantitative estimate of drug-likeness (QED) is 0.914. The van der Waals surface area contributed by atoms with Gasteiger partial charge in [-0.1, -0.05) is 12.1 Å². The average Bonchev–Trinajstić information content (AvgIpc) is 3.05. The van der Waals surface area contributed by atoms with Gasteiger partial charge in [-0.3, -0.25) is 4.90 Å². The highest BCUT2D eigenvalue weighted by Crippen LogP contribution is 2.19. The Labute approximate surface area is 126 Å². The van der Waals surface area contributed by atoms with Crippen molar-refractivity contribution in [2.75, 3.05) is 26.7 Å². The molecule has 4 heteroatoms. The summed E-state index contributed by atoms with van der Waals surface area (Å²) >= 11 is 0. The Morgan fingerprint density at radius 1 is 1.19 bits per heavy atom. The van der Waals surface area contributed by atoms with Crippen molar-refractivity contribution in [1.82, 2.24) is 19.8 Å². The van der Waals surface area contributed by atoms with E-state index in [0.29, 0.717) is 0 Å². The number of hydrogen-bond donors (Lipinski definition) is 1. The lowest BCUT2D eigenvalue weighted by Gasteiger charge is -2.31. The molecule has 0 atom stereocenters. The van der Waals surface area contributed by atoms with Crippen LogP contribution in [0, 0.1) is 5.92 Å². The van der Waals surface area contributed by atoms with Crippen LogP contribution in [-0.2, 0) is 6.54 Å². The summed E-state index contributed by atoms with van der Waals surface area (Å²) < 4.78 is 2.03. The van der Waals surface area contributed by atoms with Gasteiger partial charge >= 0.3 is 0 Å². The number of nitrogens with zero attached hydrogens (tertiary/aromatic N) is 3. The molecule has 2 aromatic rings. The third kappa shape index (κ3) is 3.71. The first-order valence-electron chi connectivity index (χ1n) is 7.79. The van der Waals surface area contributed by atoms with Crippen LogP contribution in [0.5, 0.6) is 0 Å². The highest BCUT2D eigenvalue weighted by molar-refractivity contribution is 5.34. The van der Waals surface area contributed by atoms with Crippen LogP contribution in [0.3, 0.4) is 0 Å². The van der Waals surface area contributed by atoms with E-state index in [9.17, 15) is 0 Å². The zero-order valence-electron chi connectivity index (χ0n) is 12.7. The van der Waals surface area contributed by atoms with Gasteiger partial charge in [0.05, 0.1) is 6.33 Å². The Morgan fingerprint density at radius 3 is 2.57 bits per heavy atom. The van der Waals surface area contributed by atoms with Crippen molar-refractivity contribution in [3.05, 3.63) is 48.5 Å². The predicted octanol–water partition coefficient (Wildman–Crippen LogP) is 2.30. The predicted molar refractivity (Wildman–Crippen MR) is 85.5 cm³/mol. The van der Waals surface area contributed by atoms with Crippen LogP contribution in [0.4, 0.5) is 0 Å². The molecule has 1 aliphatic rings. The first-order chi connectivity index (χ1) is 10.3. The molecule has 0 aliphatic carbocycles. The molecule has 1 aliphatic heterocycles. The van der Waals surface area contributed by atoms with Gasteiger partial charge in [0.25, 0.3) is 0 Å². The van der Waals surface area contributed by atoms with Crippen molar-refractivity contribution in [2.45, 2.75) is 19.4 Å². The molecule has 1 N–H and O–H groups in total. The van der Waals surface area contributed by atoms with Crippen molar-refractivity contribution >= 4 is 0 Å². The Hall–Kier alpha value is -1.65. The summed E-state index contributed by atoms with van der Waals surface area (Å²) in [6, 6.07) is 8.81. The van der Waals surface area contributed by atoms with Gasteiger partial charge < -0.3 is 9.88 Å². The largest absolute Gasteiger partial charge is 0.319 e. The zero-order chi connectivity index (χ0) is 14.5. The minimum atomic E-state index is 0.856. The van der Waals surface area contributed by atoms with E-state index in [0.717, 1.165) is 19.0 Å². The number of rotatable bonds is 5. The maximum Gasteiger partial charge on any atom is 0.0991 e. The molecule has 0 saturated carbocycles. The lowest BCUT2D eigenvalue weighted by Crippen LogP contribution is -2.36. The molecule has 3 rings (SSSR count). The van der Waals surface area contributed by atoms with Gasteiger partial charge in [-0.2, -0.15) is 0 Å². The Balaban J connectivity index is 1.54. The highest BCUT2D eigenvalue weighted by atomic mass is 15.1. The van der Waals surface area contributed by atoms with Crippen LogP contribution in [0.25, 0.3) is 5.69 Å². The average molecular weight is 284 g/mol. The number of hydrogen-bond acceptors (Lipinski definition) is 3. The number of nitrogens with one attached hydrogen (secondary N) is 1. The number of likely N-dealkylation sites (tertiary alicyclic amines) is 1. The van der Waals surface area contributed by atoms with Crippen molar-refractivity contribution < 1.29 is 0 Å². The molecule has 1 saturated heterocycles. The smallest absolute Gasteiger partial charge is 0.0991 e. The Morgan fingerprint density at radius 2 is 1.95 bits per heavy atom. The van der Waals surface area contributed by atoms with Gasteiger partial charge in [-0.05, 0) is 63.1 Å². The third-order valence-corrected chi connectivity index (χ3v) is 4.35. The Bertz CT molecular complexity index is 524. The maximum absolute atomic E-state index is 4.09. The molecule has 1 aromatic carbocycles. The van der Waals surface area contributed by atoms with Crippen LogP contribution in [0.1, 0.15) is 18.4 Å². The molecule has 2 heterocycles. The fourth-order valence-corrected chi connectivity index (χ4v) is 3.08. The van der Waals surface area contributed by atoms with Crippen LogP contribution >= 0.6 is 0 Å². The fourth-order valence-electron chi connectivity index (χ4n) is 3.08. The van der Waals surface area contributed by atoms with E-state index in [1.165, 1.54) is 37.2 Å². The lowest BCUT2D eigenvalue weighted by atomic mass is 9.96. The second kappa shape index (κ2) is 6.87. The molecule has 0 spiro atoms. The maximum atomic E-state index is 4.09. The van der Waals surface area contributed by atoms with Crippen molar-refractivity contribution in [2.24, 2.45) is 5.92 Å². The molecule has 112 valence electrons. The molecule has 0 radical (unpaired) electrons. The van der Waals surface area contributed by atoms with Crippen LogP contribution in [-0.4, -0.2) is 41.1 Å². The summed E-state index contributed by atoms with van der Waals surface area (Å²) in [6.07, 6.45) is 8.24. The van der Waals surface area contributed by atoms with E-state index in [4.69, 9.17) is 0 Å². The number of piperidine rings is 1. The van der Waals surface area contributed by atoms with Crippen LogP contribution < -0.4 is 5.32 Å². The normalized spacial score (nSPS) is 17.2. The van der Waals surface area contributed by atoms with E-state index in [2.05, 4.69) is 39.5 Å². The highest BCUT2D eigenvalue weighted by Gasteiger charge is 2.18. The molecular formula is C17H24N4. The van der Waals surface area contributed by atoms with Gasteiger partial charge in [0.1, 0.15) is 0 Å². The van der Waals surface area contributed by atoms with Crippen molar-refractivity contribution in [1.29, 1.82) is 0 Å². The van der Waals surface area contributed by atoms with E-state index >= 15 is 0 Å². The summed E-state index contributed by atoms with van der Waals surface area (Å²) in [5, 5.41) is 3.30. The number of benzene rings is 1. The standard InChI is InChI=1S/C17H24N4/c1-18-12-15-6-9-20(10-7-15)13-16-2-4-17(5-3-16)21-11-8-19-14-21/h2-5,8,11,14-15,18H,6-7,9-10,12-13H2,1H3. The van der Waals surface area contributed by atoms with Gasteiger partial charge in [-0.25, -0.2) is 4.98 Å². The molecule has 1 aromatic heterocycles. The second-order valence-electron chi connectivity index (χ2n) is 5.91. The monoisotopic (exact) mass is 284 g/mol. The first-order valence-corrected chi connectivity index (χ1v) is 7.79. The van der Waals surface area contributed by atoms with E-state index in [1.54, 1.807) is 0 Å². The summed E-state index contributed by atoms with van der Waals surface area (Å²) in [5.41, 5.74) is 2.56. The third-order valence-electron chi connectivity index (χ3n) is 4.35. The van der Waals surface area contributed by atoms with Crippen LogP contribution in [0.2, 0.25) is 0 Å².